The van der Waals surface area contributed by atoms with Crippen LogP contribution in [0.15, 0.2) is 0 Å². The van der Waals surface area contributed by atoms with Gasteiger partial charge in [-0.2, -0.15) is 0 Å². The lowest BCUT2D eigenvalue weighted by Crippen LogP contribution is -2.52. The van der Waals surface area contributed by atoms with Crippen molar-refractivity contribution in [3.63, 3.8) is 0 Å². The van der Waals surface area contributed by atoms with Gasteiger partial charge in [-0.05, 0) is 33.1 Å². The van der Waals surface area contributed by atoms with Crippen LogP contribution in [-0.4, -0.2) is 35.6 Å². The summed E-state index contributed by atoms with van der Waals surface area (Å²) in [6, 6.07) is 0.217. The molecule has 0 radical (unpaired) electrons. The number of nitrogens with two attached hydrogens (primary N) is 1. The summed E-state index contributed by atoms with van der Waals surface area (Å²) >= 11 is 0. The maximum absolute atomic E-state index is 11.9. The number of nitrogens with zero attached hydrogens (tertiary/aromatic N) is 1. The first-order valence-electron chi connectivity index (χ1n) is 5.64. The lowest BCUT2D eigenvalue weighted by molar-refractivity contribution is 0.179. The molecule has 1 fully saturated rings. The van der Waals surface area contributed by atoms with Gasteiger partial charge in [0, 0.05) is 24.7 Å². The largest absolute Gasteiger partial charge is 0.333 e. The van der Waals surface area contributed by atoms with Crippen molar-refractivity contribution in [1.29, 1.82) is 0 Å². The van der Waals surface area contributed by atoms with Gasteiger partial charge in [0.25, 0.3) is 0 Å². The number of urea groups is 1. The lowest BCUT2D eigenvalue weighted by Gasteiger charge is -2.30. The van der Waals surface area contributed by atoms with E-state index in [0.29, 0.717) is 12.5 Å². The molecular weight excluding hydrogens is 190 g/mol. The Morgan fingerprint density at radius 3 is 2.60 bits per heavy atom. The maximum atomic E-state index is 11.9. The van der Waals surface area contributed by atoms with Gasteiger partial charge >= 0.3 is 6.03 Å². The van der Waals surface area contributed by atoms with Crippen molar-refractivity contribution in [2.75, 3.05) is 13.1 Å². The molecule has 4 heteroatoms. The minimum atomic E-state index is -0.179. The number of hydrogen-bond donors (Lipinski definition) is 2. The van der Waals surface area contributed by atoms with Gasteiger partial charge in [0.05, 0.1) is 0 Å². The molecule has 4 nitrogen and oxygen atoms in total. The van der Waals surface area contributed by atoms with E-state index in [1.165, 1.54) is 0 Å². The Hall–Kier alpha value is -0.770. The lowest BCUT2D eigenvalue weighted by atomic mass is 10.0. The Morgan fingerprint density at radius 1 is 1.53 bits per heavy atom. The summed E-state index contributed by atoms with van der Waals surface area (Å²) in [5.74, 6) is 0.515. The summed E-state index contributed by atoms with van der Waals surface area (Å²) in [7, 11) is 0. The molecule has 1 rings (SSSR count). The van der Waals surface area contributed by atoms with Crippen LogP contribution < -0.4 is 11.1 Å². The van der Waals surface area contributed by atoms with E-state index >= 15 is 0 Å². The van der Waals surface area contributed by atoms with Gasteiger partial charge in [-0.25, -0.2) is 4.79 Å². The van der Waals surface area contributed by atoms with Crippen molar-refractivity contribution in [3.8, 4) is 0 Å². The SMILES string of the molecule is CC1CCN(C(=O)NC(C)(C)C)C1CN. The van der Waals surface area contributed by atoms with E-state index in [4.69, 9.17) is 5.73 Å². The van der Waals surface area contributed by atoms with Crippen LogP contribution in [0.1, 0.15) is 34.1 Å². The van der Waals surface area contributed by atoms with Crippen molar-refractivity contribution in [3.05, 3.63) is 0 Å². The van der Waals surface area contributed by atoms with Crippen LogP contribution in [0.4, 0.5) is 4.79 Å². The standard InChI is InChI=1S/C11H23N3O/c1-8-5-6-14(9(8)7-12)10(15)13-11(2,3)4/h8-9H,5-7,12H2,1-4H3,(H,13,15). The second-order valence-corrected chi connectivity index (χ2v) is 5.44. The van der Waals surface area contributed by atoms with Crippen LogP contribution in [0.25, 0.3) is 0 Å². The maximum Gasteiger partial charge on any atom is 0.318 e. The molecule has 0 aromatic heterocycles. The van der Waals surface area contributed by atoms with Crippen LogP contribution in [0.5, 0.6) is 0 Å². The fraction of sp³-hybridized carbons (Fsp3) is 0.909. The van der Waals surface area contributed by atoms with Crippen LogP contribution >= 0.6 is 0 Å². The Bertz CT molecular complexity index is 234. The van der Waals surface area contributed by atoms with E-state index in [2.05, 4.69) is 12.2 Å². The molecule has 2 atom stereocenters. The van der Waals surface area contributed by atoms with E-state index in [1.807, 2.05) is 25.7 Å². The van der Waals surface area contributed by atoms with Crippen LogP contribution in [0.2, 0.25) is 0 Å². The highest BCUT2D eigenvalue weighted by Gasteiger charge is 2.34. The van der Waals surface area contributed by atoms with Crippen molar-refractivity contribution >= 4 is 6.03 Å². The first-order chi connectivity index (χ1) is 6.85. The Kier molecular flexibility index (Phi) is 3.60. The van der Waals surface area contributed by atoms with Gasteiger partial charge in [0.15, 0.2) is 0 Å². The summed E-state index contributed by atoms with van der Waals surface area (Å²) in [4.78, 5) is 13.8. The highest BCUT2D eigenvalue weighted by molar-refractivity contribution is 5.75. The van der Waals surface area contributed by atoms with Gasteiger partial charge < -0.3 is 16.0 Å². The van der Waals surface area contributed by atoms with Crippen molar-refractivity contribution in [2.45, 2.75) is 45.7 Å². The van der Waals surface area contributed by atoms with Crippen molar-refractivity contribution < 1.29 is 4.79 Å². The highest BCUT2D eigenvalue weighted by atomic mass is 16.2. The zero-order valence-electron chi connectivity index (χ0n) is 10.2. The van der Waals surface area contributed by atoms with Gasteiger partial charge in [0.2, 0.25) is 0 Å². The molecular formula is C11H23N3O. The summed E-state index contributed by atoms with van der Waals surface area (Å²) in [6.07, 6.45) is 1.05. The number of amides is 2. The van der Waals surface area contributed by atoms with Gasteiger partial charge in [0.1, 0.15) is 0 Å². The third kappa shape index (κ3) is 3.09. The predicted molar refractivity (Wildman–Crippen MR) is 61.6 cm³/mol. The van der Waals surface area contributed by atoms with Crippen LogP contribution in [0, 0.1) is 5.92 Å². The Labute approximate surface area is 92.2 Å². The molecule has 1 aliphatic rings. The van der Waals surface area contributed by atoms with Gasteiger partial charge in [-0.15, -0.1) is 0 Å². The van der Waals surface area contributed by atoms with E-state index in [-0.39, 0.29) is 17.6 Å². The molecule has 0 bridgehead atoms. The first-order valence-corrected chi connectivity index (χ1v) is 5.64. The van der Waals surface area contributed by atoms with Crippen LogP contribution in [0.3, 0.4) is 0 Å². The zero-order valence-corrected chi connectivity index (χ0v) is 10.2. The van der Waals surface area contributed by atoms with Crippen molar-refractivity contribution in [1.82, 2.24) is 10.2 Å². The predicted octanol–water partition coefficient (Wildman–Crippen LogP) is 1.16. The van der Waals surface area contributed by atoms with E-state index in [1.54, 1.807) is 0 Å². The third-order valence-corrected chi connectivity index (χ3v) is 2.87. The van der Waals surface area contributed by atoms with Crippen LogP contribution in [-0.2, 0) is 0 Å². The highest BCUT2D eigenvalue weighted by Crippen LogP contribution is 2.23. The first kappa shape index (κ1) is 12.3. The molecule has 3 N–H and O–H groups in total. The normalized spacial score (nSPS) is 26.9. The van der Waals surface area contributed by atoms with Crippen molar-refractivity contribution in [2.24, 2.45) is 11.7 Å². The molecule has 0 saturated carbocycles. The summed E-state index contributed by atoms with van der Waals surface area (Å²) in [6.45, 7) is 9.50. The Balaban J connectivity index is 2.60. The number of likely N-dealkylation sites (tertiary alicyclic amines) is 1. The average Bonchev–Trinajstić information content (AvgIpc) is 2.43. The smallest absolute Gasteiger partial charge is 0.318 e. The van der Waals surface area contributed by atoms with E-state index < -0.39 is 0 Å². The fourth-order valence-corrected chi connectivity index (χ4v) is 2.01. The summed E-state index contributed by atoms with van der Waals surface area (Å²) in [5, 5.41) is 2.98. The average molecular weight is 213 g/mol. The molecule has 0 aliphatic carbocycles. The molecule has 15 heavy (non-hydrogen) atoms. The number of nitrogens with one attached hydrogen (secondary N) is 1. The number of carbonyl (C=O) groups excluding carboxylic acids is 1. The second kappa shape index (κ2) is 4.39. The molecule has 1 aliphatic heterocycles. The fourth-order valence-electron chi connectivity index (χ4n) is 2.01. The minimum absolute atomic E-state index is 0.0160. The monoisotopic (exact) mass is 213 g/mol. The number of hydrogen-bond acceptors (Lipinski definition) is 2. The minimum Gasteiger partial charge on any atom is -0.333 e. The van der Waals surface area contributed by atoms with E-state index in [0.717, 1.165) is 13.0 Å². The molecule has 1 saturated heterocycles. The molecule has 88 valence electrons. The number of rotatable bonds is 1. The topological polar surface area (TPSA) is 58.4 Å². The van der Waals surface area contributed by atoms with E-state index in [9.17, 15) is 4.79 Å². The quantitative estimate of drug-likeness (QED) is 0.687. The second-order valence-electron chi connectivity index (χ2n) is 5.44. The molecule has 2 amide bonds. The van der Waals surface area contributed by atoms with Gasteiger partial charge in [-0.3, -0.25) is 0 Å². The molecule has 0 aromatic rings. The molecule has 1 heterocycles. The molecule has 2 unspecified atom stereocenters. The summed E-state index contributed by atoms with van der Waals surface area (Å²) < 4.78 is 0. The molecule has 0 aromatic carbocycles. The Morgan fingerprint density at radius 2 is 2.13 bits per heavy atom. The summed E-state index contributed by atoms with van der Waals surface area (Å²) in [5.41, 5.74) is 5.52. The number of carbonyl (C=O) groups is 1. The zero-order chi connectivity index (χ0) is 11.6. The molecule has 0 spiro atoms. The van der Waals surface area contributed by atoms with Gasteiger partial charge in [-0.1, -0.05) is 6.92 Å². The third-order valence-electron chi connectivity index (χ3n) is 2.87.